The Hall–Kier alpha value is -0.120. The molecule has 1 aromatic carbocycles. The minimum atomic E-state index is 0.107. The lowest BCUT2D eigenvalue weighted by Gasteiger charge is -2.15. The van der Waals surface area contributed by atoms with Crippen LogP contribution in [0, 0.1) is 6.92 Å². The second kappa shape index (κ2) is 4.63. The molecule has 2 N–H and O–H groups in total. The summed E-state index contributed by atoms with van der Waals surface area (Å²) in [6.07, 6.45) is 7.69. The number of nitrogens with two attached hydrogens (primary N) is 1. The Morgan fingerprint density at radius 1 is 1.19 bits per heavy atom. The predicted octanol–water partition coefficient (Wildman–Crippen LogP) is 3.47. The van der Waals surface area contributed by atoms with Crippen LogP contribution in [-0.4, -0.2) is 18.1 Å². The fourth-order valence-corrected chi connectivity index (χ4v) is 3.30. The van der Waals surface area contributed by atoms with Gasteiger partial charge in [-0.1, -0.05) is 0 Å². The van der Waals surface area contributed by atoms with Gasteiger partial charge in [0, 0.05) is 15.3 Å². The first kappa shape index (κ1) is 12.3. The van der Waals surface area contributed by atoms with Gasteiger partial charge in [0.05, 0.1) is 0 Å². The van der Waals surface area contributed by atoms with Gasteiger partial charge in [0.1, 0.15) is 0 Å². The molecule has 0 saturated heterocycles. The third-order valence-electron chi connectivity index (χ3n) is 3.23. The van der Waals surface area contributed by atoms with E-state index >= 15 is 0 Å². The van der Waals surface area contributed by atoms with Crippen LogP contribution in [0.5, 0.6) is 0 Å². The van der Waals surface area contributed by atoms with E-state index in [0.29, 0.717) is 0 Å². The maximum atomic E-state index is 6.22. The van der Waals surface area contributed by atoms with Gasteiger partial charge in [0.15, 0.2) is 0 Å². The van der Waals surface area contributed by atoms with E-state index in [4.69, 9.17) is 5.73 Å². The highest BCUT2D eigenvalue weighted by molar-refractivity contribution is 7.99. The molecule has 0 radical (unpaired) electrons. The molecule has 88 valence electrons. The van der Waals surface area contributed by atoms with Crippen LogP contribution in [0.2, 0.25) is 0 Å². The van der Waals surface area contributed by atoms with Gasteiger partial charge in [-0.05, 0) is 62.0 Å². The minimum absolute atomic E-state index is 0.107. The topological polar surface area (TPSA) is 26.0 Å². The van der Waals surface area contributed by atoms with Crippen LogP contribution >= 0.6 is 23.5 Å². The molecule has 0 aliphatic heterocycles. The number of rotatable bonds is 4. The van der Waals surface area contributed by atoms with E-state index in [0.717, 1.165) is 6.42 Å². The molecular weight excluding hydrogens is 234 g/mol. The Labute approximate surface area is 107 Å². The van der Waals surface area contributed by atoms with Gasteiger partial charge < -0.3 is 5.73 Å². The fourth-order valence-electron chi connectivity index (χ4n) is 1.97. The highest BCUT2D eigenvalue weighted by Gasteiger charge is 2.38. The van der Waals surface area contributed by atoms with E-state index in [1.54, 1.807) is 0 Å². The molecule has 1 saturated carbocycles. The summed E-state index contributed by atoms with van der Waals surface area (Å²) in [4.78, 5) is 2.78. The van der Waals surface area contributed by atoms with E-state index in [1.807, 2.05) is 23.5 Å². The number of aryl methyl sites for hydroxylation is 1. The van der Waals surface area contributed by atoms with Gasteiger partial charge in [0.2, 0.25) is 0 Å². The Bertz CT molecular complexity index is 397. The van der Waals surface area contributed by atoms with E-state index in [1.165, 1.54) is 33.8 Å². The zero-order valence-electron chi connectivity index (χ0n) is 10.2. The molecular formula is C13H19NS2. The summed E-state index contributed by atoms with van der Waals surface area (Å²) in [5, 5.41) is 0. The number of thioether (sulfide) groups is 2. The molecule has 1 fully saturated rings. The Morgan fingerprint density at radius 3 is 2.31 bits per heavy atom. The van der Waals surface area contributed by atoms with E-state index < -0.39 is 0 Å². The zero-order chi connectivity index (χ0) is 11.8. The number of benzene rings is 1. The SMILES string of the molecule is CSc1cc(CC2(N)CC2)c(SC)cc1C. The largest absolute Gasteiger partial charge is 0.325 e. The van der Waals surface area contributed by atoms with E-state index in [9.17, 15) is 0 Å². The lowest BCUT2D eigenvalue weighted by Crippen LogP contribution is -2.24. The highest BCUT2D eigenvalue weighted by atomic mass is 32.2. The van der Waals surface area contributed by atoms with Crippen molar-refractivity contribution in [3.05, 3.63) is 23.3 Å². The molecule has 0 unspecified atom stereocenters. The van der Waals surface area contributed by atoms with Crippen LogP contribution in [0.4, 0.5) is 0 Å². The van der Waals surface area contributed by atoms with Gasteiger partial charge in [-0.2, -0.15) is 0 Å². The quantitative estimate of drug-likeness (QED) is 0.832. The third-order valence-corrected chi connectivity index (χ3v) is 4.93. The summed E-state index contributed by atoms with van der Waals surface area (Å²) in [6.45, 7) is 2.19. The molecule has 1 nitrogen and oxygen atoms in total. The van der Waals surface area contributed by atoms with Gasteiger partial charge in [-0.15, -0.1) is 23.5 Å². The van der Waals surface area contributed by atoms with Crippen molar-refractivity contribution in [3.8, 4) is 0 Å². The second-order valence-corrected chi connectivity index (χ2v) is 6.37. The zero-order valence-corrected chi connectivity index (χ0v) is 11.8. The van der Waals surface area contributed by atoms with Crippen molar-refractivity contribution in [2.75, 3.05) is 12.5 Å². The molecule has 1 aliphatic carbocycles. The van der Waals surface area contributed by atoms with Gasteiger partial charge in [0.25, 0.3) is 0 Å². The lowest BCUT2D eigenvalue weighted by atomic mass is 10.0. The fraction of sp³-hybridized carbons (Fsp3) is 0.538. The van der Waals surface area contributed by atoms with Crippen molar-refractivity contribution in [2.24, 2.45) is 5.73 Å². The maximum absolute atomic E-state index is 6.22. The first-order valence-electron chi connectivity index (χ1n) is 5.58. The van der Waals surface area contributed by atoms with Gasteiger partial charge >= 0.3 is 0 Å². The van der Waals surface area contributed by atoms with Crippen LogP contribution < -0.4 is 5.73 Å². The summed E-state index contributed by atoms with van der Waals surface area (Å²) in [6, 6.07) is 4.64. The molecule has 0 bridgehead atoms. The maximum Gasteiger partial charge on any atom is 0.0196 e. The predicted molar refractivity (Wildman–Crippen MR) is 74.6 cm³/mol. The standard InChI is InChI=1S/C13H19NS2/c1-9-6-12(16-3)10(7-11(9)15-2)8-13(14)4-5-13/h6-7H,4-5,8,14H2,1-3H3. The Balaban J connectivity index is 2.33. The van der Waals surface area contributed by atoms with Crippen LogP contribution in [0.3, 0.4) is 0 Å². The van der Waals surface area contributed by atoms with Crippen molar-refractivity contribution in [2.45, 2.75) is 41.5 Å². The number of hydrogen-bond donors (Lipinski definition) is 1. The van der Waals surface area contributed by atoms with Crippen LogP contribution in [-0.2, 0) is 6.42 Å². The van der Waals surface area contributed by atoms with Gasteiger partial charge in [-0.25, -0.2) is 0 Å². The molecule has 1 aliphatic rings. The Morgan fingerprint density at radius 2 is 1.81 bits per heavy atom. The third kappa shape index (κ3) is 2.58. The molecule has 16 heavy (non-hydrogen) atoms. The lowest BCUT2D eigenvalue weighted by molar-refractivity contribution is 0.663. The summed E-state index contributed by atoms with van der Waals surface area (Å²) < 4.78 is 0. The Kier molecular flexibility index (Phi) is 3.57. The average Bonchev–Trinajstić information content (AvgIpc) is 2.98. The summed E-state index contributed by atoms with van der Waals surface area (Å²) in [5.74, 6) is 0. The molecule has 1 aromatic rings. The summed E-state index contributed by atoms with van der Waals surface area (Å²) >= 11 is 3.66. The van der Waals surface area contributed by atoms with Crippen molar-refractivity contribution < 1.29 is 0 Å². The van der Waals surface area contributed by atoms with Gasteiger partial charge in [-0.3, -0.25) is 0 Å². The summed E-state index contributed by atoms with van der Waals surface area (Å²) in [5.41, 5.74) is 9.13. The minimum Gasteiger partial charge on any atom is -0.325 e. The van der Waals surface area contributed by atoms with Crippen molar-refractivity contribution >= 4 is 23.5 Å². The average molecular weight is 253 g/mol. The van der Waals surface area contributed by atoms with E-state index in [-0.39, 0.29) is 5.54 Å². The van der Waals surface area contributed by atoms with Crippen LogP contribution in [0.1, 0.15) is 24.0 Å². The molecule has 3 heteroatoms. The van der Waals surface area contributed by atoms with Crippen molar-refractivity contribution in [1.29, 1.82) is 0 Å². The van der Waals surface area contributed by atoms with Crippen molar-refractivity contribution in [1.82, 2.24) is 0 Å². The van der Waals surface area contributed by atoms with Crippen molar-refractivity contribution in [3.63, 3.8) is 0 Å². The van der Waals surface area contributed by atoms with Crippen LogP contribution in [0.25, 0.3) is 0 Å². The van der Waals surface area contributed by atoms with Crippen LogP contribution in [0.15, 0.2) is 21.9 Å². The molecule has 0 atom stereocenters. The summed E-state index contributed by atoms with van der Waals surface area (Å²) in [7, 11) is 0. The molecule has 0 heterocycles. The first-order valence-corrected chi connectivity index (χ1v) is 8.03. The molecule has 0 amide bonds. The molecule has 0 spiro atoms. The number of hydrogen-bond acceptors (Lipinski definition) is 3. The van der Waals surface area contributed by atoms with E-state index in [2.05, 4.69) is 31.6 Å². The highest BCUT2D eigenvalue weighted by Crippen LogP contribution is 2.39. The second-order valence-electron chi connectivity index (χ2n) is 4.67. The molecule has 0 aromatic heterocycles. The molecule has 2 rings (SSSR count). The smallest absolute Gasteiger partial charge is 0.0196 e. The first-order chi connectivity index (χ1) is 7.58. The monoisotopic (exact) mass is 253 g/mol. The normalized spacial score (nSPS) is 17.5.